The van der Waals surface area contributed by atoms with Crippen LogP contribution in [0.5, 0.6) is 0 Å². The van der Waals surface area contributed by atoms with Crippen LogP contribution in [0.2, 0.25) is 0 Å². The van der Waals surface area contributed by atoms with Crippen LogP contribution in [0.25, 0.3) is 0 Å². The summed E-state index contributed by atoms with van der Waals surface area (Å²) in [5.41, 5.74) is 0.385. The van der Waals surface area contributed by atoms with Crippen LogP contribution < -0.4 is 0 Å². The Morgan fingerprint density at radius 1 is 1.18 bits per heavy atom. The average molecular weight is 240 g/mol. The summed E-state index contributed by atoms with van der Waals surface area (Å²) < 4.78 is 0. The van der Waals surface area contributed by atoms with Gasteiger partial charge in [0.05, 0.1) is 0 Å². The van der Waals surface area contributed by atoms with Crippen LogP contribution in [0, 0.1) is 0 Å². The van der Waals surface area contributed by atoms with Crippen LogP contribution in [0.3, 0.4) is 0 Å². The molecule has 0 aromatic heterocycles. The quantitative estimate of drug-likeness (QED) is 0.757. The Morgan fingerprint density at radius 3 is 2.29 bits per heavy atom. The van der Waals surface area contributed by atoms with E-state index in [2.05, 4.69) is 23.6 Å². The van der Waals surface area contributed by atoms with Crippen molar-refractivity contribution in [2.45, 2.75) is 58.9 Å². The van der Waals surface area contributed by atoms with E-state index in [1.165, 1.54) is 12.8 Å². The normalized spacial score (nSPS) is 22.0. The van der Waals surface area contributed by atoms with Gasteiger partial charge in [-0.3, -0.25) is 9.69 Å². The molecule has 0 unspecified atom stereocenters. The number of amides is 1. The highest BCUT2D eigenvalue weighted by Crippen LogP contribution is 2.44. The van der Waals surface area contributed by atoms with Crippen LogP contribution in [-0.4, -0.2) is 47.4 Å². The fourth-order valence-electron chi connectivity index (χ4n) is 2.71. The van der Waals surface area contributed by atoms with Crippen molar-refractivity contribution in [2.75, 3.05) is 26.2 Å². The lowest BCUT2D eigenvalue weighted by molar-refractivity contribution is -0.134. The molecule has 2 fully saturated rings. The maximum absolute atomic E-state index is 11.8. The van der Waals surface area contributed by atoms with Gasteiger partial charge in [0.1, 0.15) is 0 Å². The van der Waals surface area contributed by atoms with Gasteiger partial charge in [0.25, 0.3) is 0 Å². The van der Waals surface area contributed by atoms with E-state index in [1.807, 2.05) is 13.8 Å². The number of hydrogen-bond donors (Lipinski definition) is 0. The van der Waals surface area contributed by atoms with E-state index in [4.69, 9.17) is 0 Å². The molecule has 2 aliphatic rings. The summed E-state index contributed by atoms with van der Waals surface area (Å²) in [6.07, 6.45) is 4.27. The minimum Gasteiger partial charge on any atom is -0.340 e. The molecule has 0 N–H and O–H groups in total. The second kappa shape index (κ2) is 6.39. The Balaban J connectivity index is 0.000000686. The first-order valence-electron chi connectivity index (χ1n) is 7.24. The van der Waals surface area contributed by atoms with Crippen molar-refractivity contribution in [3.8, 4) is 0 Å². The van der Waals surface area contributed by atoms with Gasteiger partial charge in [-0.1, -0.05) is 27.7 Å². The molecule has 100 valence electrons. The van der Waals surface area contributed by atoms with Crippen LogP contribution in [-0.2, 0) is 4.79 Å². The van der Waals surface area contributed by atoms with Gasteiger partial charge in [0.15, 0.2) is 0 Å². The molecule has 0 bridgehead atoms. The number of rotatable bonds is 3. The molecular formula is C14H28N2O. The summed E-state index contributed by atoms with van der Waals surface area (Å²) in [4.78, 5) is 16.5. The minimum absolute atomic E-state index is 0.361. The van der Waals surface area contributed by atoms with Gasteiger partial charge < -0.3 is 4.90 Å². The molecule has 1 aliphatic carbocycles. The fourth-order valence-corrected chi connectivity index (χ4v) is 2.71. The molecule has 1 saturated carbocycles. The molecule has 1 heterocycles. The average Bonchev–Trinajstić information content (AvgIpc) is 3.12. The van der Waals surface area contributed by atoms with E-state index in [9.17, 15) is 4.79 Å². The van der Waals surface area contributed by atoms with Gasteiger partial charge >= 0.3 is 0 Å². The van der Waals surface area contributed by atoms with Crippen molar-refractivity contribution in [1.82, 2.24) is 9.80 Å². The summed E-state index contributed by atoms with van der Waals surface area (Å²) in [6, 6.07) is 0. The Labute approximate surface area is 106 Å². The van der Waals surface area contributed by atoms with Crippen LogP contribution in [0.4, 0.5) is 0 Å². The molecule has 3 heteroatoms. The zero-order chi connectivity index (χ0) is 12.9. The van der Waals surface area contributed by atoms with E-state index in [-0.39, 0.29) is 0 Å². The smallest absolute Gasteiger partial charge is 0.222 e. The topological polar surface area (TPSA) is 23.6 Å². The molecule has 0 aromatic carbocycles. The Kier molecular flexibility index (Phi) is 5.44. The van der Waals surface area contributed by atoms with Gasteiger partial charge in [-0.05, 0) is 25.8 Å². The van der Waals surface area contributed by atoms with E-state index in [1.54, 1.807) is 0 Å². The number of likely N-dealkylation sites (N-methyl/N-ethyl adjacent to an activating group) is 1. The molecule has 1 saturated heterocycles. The second-order valence-corrected chi connectivity index (χ2v) is 4.87. The maximum atomic E-state index is 11.8. The zero-order valence-electron chi connectivity index (χ0n) is 12.0. The summed E-state index contributed by atoms with van der Waals surface area (Å²) in [6.45, 7) is 12.4. The van der Waals surface area contributed by atoms with E-state index < -0.39 is 0 Å². The van der Waals surface area contributed by atoms with Gasteiger partial charge in [0.2, 0.25) is 5.91 Å². The van der Waals surface area contributed by atoms with Gasteiger partial charge in [-0.25, -0.2) is 0 Å². The lowest BCUT2D eigenvalue weighted by atomic mass is 10.1. The number of carbonyl (C=O) groups excluding carboxylic acids is 1. The standard InChI is InChI=1S/C12H22N2O.C2H6/c1-3-5-11(15)13-8-9-14(4-2)12(10-13)6-7-12;1-2/h3-10H2,1-2H3;1-2H3. The highest BCUT2D eigenvalue weighted by molar-refractivity contribution is 5.76. The SMILES string of the molecule is CC.CCCC(=O)N1CCN(CC)C2(CC2)C1. The Bertz CT molecular complexity index is 249. The third-order valence-electron chi connectivity index (χ3n) is 3.82. The molecule has 2 rings (SSSR count). The molecule has 1 amide bonds. The first kappa shape index (κ1) is 14.5. The second-order valence-electron chi connectivity index (χ2n) is 4.87. The zero-order valence-corrected chi connectivity index (χ0v) is 12.0. The lowest BCUT2D eigenvalue weighted by Crippen LogP contribution is -2.56. The van der Waals surface area contributed by atoms with Crippen molar-refractivity contribution < 1.29 is 4.79 Å². The summed E-state index contributed by atoms with van der Waals surface area (Å²) >= 11 is 0. The predicted octanol–water partition coefficient (Wildman–Crippen LogP) is 2.51. The molecule has 17 heavy (non-hydrogen) atoms. The van der Waals surface area contributed by atoms with Gasteiger partial charge in [-0.2, -0.15) is 0 Å². The molecule has 0 aromatic rings. The number of nitrogens with zero attached hydrogens (tertiary/aromatic N) is 2. The summed E-state index contributed by atoms with van der Waals surface area (Å²) in [5.74, 6) is 0.361. The number of hydrogen-bond acceptors (Lipinski definition) is 2. The van der Waals surface area contributed by atoms with Crippen molar-refractivity contribution in [3.05, 3.63) is 0 Å². The van der Waals surface area contributed by atoms with E-state index in [0.29, 0.717) is 11.4 Å². The van der Waals surface area contributed by atoms with Crippen molar-refractivity contribution in [3.63, 3.8) is 0 Å². The first-order valence-corrected chi connectivity index (χ1v) is 7.24. The molecule has 0 atom stereocenters. The van der Waals surface area contributed by atoms with E-state index in [0.717, 1.165) is 39.0 Å². The molecule has 1 aliphatic heterocycles. The van der Waals surface area contributed by atoms with Crippen LogP contribution in [0.1, 0.15) is 53.4 Å². The van der Waals surface area contributed by atoms with Crippen molar-refractivity contribution in [1.29, 1.82) is 0 Å². The molecule has 1 spiro atoms. The Morgan fingerprint density at radius 2 is 1.82 bits per heavy atom. The summed E-state index contributed by atoms with van der Waals surface area (Å²) in [7, 11) is 0. The van der Waals surface area contributed by atoms with Gasteiger partial charge in [-0.15, -0.1) is 0 Å². The Hall–Kier alpha value is -0.570. The third kappa shape index (κ3) is 3.21. The number of carbonyl (C=O) groups is 1. The van der Waals surface area contributed by atoms with Crippen LogP contribution >= 0.6 is 0 Å². The van der Waals surface area contributed by atoms with Crippen molar-refractivity contribution in [2.24, 2.45) is 0 Å². The van der Waals surface area contributed by atoms with E-state index >= 15 is 0 Å². The number of piperazine rings is 1. The summed E-state index contributed by atoms with van der Waals surface area (Å²) in [5, 5.41) is 0. The minimum atomic E-state index is 0.361. The largest absolute Gasteiger partial charge is 0.340 e. The lowest BCUT2D eigenvalue weighted by Gasteiger charge is -2.41. The molecular weight excluding hydrogens is 212 g/mol. The van der Waals surface area contributed by atoms with Crippen molar-refractivity contribution >= 4 is 5.91 Å². The molecule has 3 nitrogen and oxygen atoms in total. The first-order chi connectivity index (χ1) is 8.22. The third-order valence-corrected chi connectivity index (χ3v) is 3.82. The predicted molar refractivity (Wildman–Crippen MR) is 72.0 cm³/mol. The van der Waals surface area contributed by atoms with Gasteiger partial charge in [0, 0.05) is 31.6 Å². The van der Waals surface area contributed by atoms with Crippen LogP contribution in [0.15, 0.2) is 0 Å². The highest BCUT2D eigenvalue weighted by Gasteiger charge is 2.50. The maximum Gasteiger partial charge on any atom is 0.222 e. The molecule has 0 radical (unpaired) electrons. The monoisotopic (exact) mass is 240 g/mol. The fraction of sp³-hybridized carbons (Fsp3) is 0.929. The highest BCUT2D eigenvalue weighted by atomic mass is 16.2.